The number of ether oxygens (including phenoxy) is 1. The second kappa shape index (κ2) is 7.64. The van der Waals surface area contributed by atoms with Crippen LogP contribution in [0.25, 0.3) is 0 Å². The molecule has 0 spiro atoms. The summed E-state index contributed by atoms with van der Waals surface area (Å²) in [5, 5.41) is 3.73. The Hall–Kier alpha value is -2.30. The zero-order chi connectivity index (χ0) is 15.9. The van der Waals surface area contributed by atoms with Crippen LogP contribution in [-0.4, -0.2) is 37.4 Å². The van der Waals surface area contributed by atoms with E-state index in [-0.39, 0.29) is 6.09 Å². The standard InChI is InChI=1S/C17H22N2O3/c1-13(2)15-6-8-16(9-7-15)22-17(20)19-10-4-5-14(12-19)11-18-21-3/h5-9,11,13H,4,10,12H2,1-3H3. The number of oxime groups is 1. The van der Waals surface area contributed by atoms with Gasteiger partial charge in [-0.05, 0) is 35.6 Å². The molecule has 0 bridgehead atoms. The summed E-state index contributed by atoms with van der Waals surface area (Å²) in [6.07, 6.45) is 4.11. The monoisotopic (exact) mass is 302 g/mol. The van der Waals surface area contributed by atoms with E-state index in [1.165, 1.54) is 12.7 Å². The average molecular weight is 302 g/mol. The molecule has 22 heavy (non-hydrogen) atoms. The molecule has 0 saturated heterocycles. The van der Waals surface area contributed by atoms with Gasteiger partial charge in [0.05, 0.1) is 12.8 Å². The largest absolute Gasteiger partial charge is 0.415 e. The zero-order valence-corrected chi connectivity index (χ0v) is 13.3. The Morgan fingerprint density at radius 3 is 2.68 bits per heavy atom. The lowest BCUT2D eigenvalue weighted by Crippen LogP contribution is -2.38. The van der Waals surface area contributed by atoms with Gasteiger partial charge in [0.15, 0.2) is 0 Å². The van der Waals surface area contributed by atoms with E-state index in [1.54, 1.807) is 11.1 Å². The summed E-state index contributed by atoms with van der Waals surface area (Å²) in [5.74, 6) is 1.02. The van der Waals surface area contributed by atoms with Crippen molar-refractivity contribution >= 4 is 12.3 Å². The summed E-state index contributed by atoms with van der Waals surface area (Å²) in [6.45, 7) is 5.39. The molecule has 0 atom stereocenters. The van der Waals surface area contributed by atoms with E-state index in [1.807, 2.05) is 30.3 Å². The molecule has 2 rings (SSSR count). The van der Waals surface area contributed by atoms with E-state index in [4.69, 9.17) is 4.74 Å². The van der Waals surface area contributed by atoms with Crippen molar-refractivity contribution in [3.05, 3.63) is 41.5 Å². The average Bonchev–Trinajstić information content (AvgIpc) is 2.53. The van der Waals surface area contributed by atoms with Crippen LogP contribution < -0.4 is 4.74 Å². The number of benzene rings is 1. The molecule has 0 aliphatic carbocycles. The van der Waals surface area contributed by atoms with Gasteiger partial charge in [-0.15, -0.1) is 0 Å². The maximum absolute atomic E-state index is 12.2. The normalized spacial score (nSPS) is 15.1. The quantitative estimate of drug-likeness (QED) is 0.631. The van der Waals surface area contributed by atoms with Gasteiger partial charge in [0, 0.05) is 6.54 Å². The minimum Gasteiger partial charge on any atom is -0.410 e. The van der Waals surface area contributed by atoms with Crippen LogP contribution in [-0.2, 0) is 4.84 Å². The fraction of sp³-hybridized carbons (Fsp3) is 0.412. The zero-order valence-electron chi connectivity index (χ0n) is 13.3. The number of hydrogen-bond donors (Lipinski definition) is 0. The van der Waals surface area contributed by atoms with Gasteiger partial charge >= 0.3 is 6.09 Å². The van der Waals surface area contributed by atoms with Crippen LogP contribution in [0.4, 0.5) is 4.79 Å². The predicted octanol–water partition coefficient (Wildman–Crippen LogP) is 3.57. The topological polar surface area (TPSA) is 51.1 Å². The van der Waals surface area contributed by atoms with Crippen molar-refractivity contribution in [3.63, 3.8) is 0 Å². The van der Waals surface area contributed by atoms with Gasteiger partial charge in [0.25, 0.3) is 0 Å². The minimum atomic E-state index is -0.339. The third kappa shape index (κ3) is 4.35. The molecule has 118 valence electrons. The molecule has 0 fully saturated rings. The first-order chi connectivity index (χ1) is 10.6. The van der Waals surface area contributed by atoms with Crippen molar-refractivity contribution in [2.24, 2.45) is 5.16 Å². The molecule has 1 heterocycles. The van der Waals surface area contributed by atoms with Crippen LogP contribution >= 0.6 is 0 Å². The van der Waals surface area contributed by atoms with Crippen LogP contribution in [0, 0.1) is 0 Å². The highest BCUT2D eigenvalue weighted by Crippen LogP contribution is 2.19. The molecule has 0 saturated carbocycles. The van der Waals surface area contributed by atoms with E-state index in [9.17, 15) is 4.79 Å². The van der Waals surface area contributed by atoms with E-state index < -0.39 is 0 Å². The van der Waals surface area contributed by atoms with Gasteiger partial charge in [0.2, 0.25) is 0 Å². The van der Waals surface area contributed by atoms with Crippen LogP contribution in [0.3, 0.4) is 0 Å². The lowest BCUT2D eigenvalue weighted by atomic mass is 10.0. The highest BCUT2D eigenvalue weighted by atomic mass is 16.6. The molecule has 1 aliphatic rings. The molecule has 1 aromatic carbocycles. The molecule has 0 radical (unpaired) electrons. The van der Waals surface area contributed by atoms with Crippen LogP contribution in [0.5, 0.6) is 5.75 Å². The lowest BCUT2D eigenvalue weighted by Gasteiger charge is -2.25. The molecule has 0 N–H and O–H groups in total. The van der Waals surface area contributed by atoms with Crippen molar-refractivity contribution in [1.29, 1.82) is 0 Å². The second-order valence-electron chi connectivity index (χ2n) is 5.50. The van der Waals surface area contributed by atoms with Crippen molar-refractivity contribution in [1.82, 2.24) is 4.90 Å². The number of carbonyl (C=O) groups excluding carboxylic acids is 1. The molecule has 0 unspecified atom stereocenters. The van der Waals surface area contributed by atoms with Crippen molar-refractivity contribution in [2.45, 2.75) is 26.2 Å². The molecule has 5 heteroatoms. The van der Waals surface area contributed by atoms with Crippen molar-refractivity contribution < 1.29 is 14.4 Å². The Kier molecular flexibility index (Phi) is 5.58. The maximum Gasteiger partial charge on any atom is 0.415 e. The summed E-state index contributed by atoms with van der Waals surface area (Å²) in [6, 6.07) is 7.64. The molecule has 1 aliphatic heterocycles. The van der Waals surface area contributed by atoms with Crippen LogP contribution in [0.1, 0.15) is 31.7 Å². The summed E-state index contributed by atoms with van der Waals surface area (Å²) in [7, 11) is 1.49. The molecule has 0 aromatic heterocycles. The van der Waals surface area contributed by atoms with E-state index >= 15 is 0 Å². The fourth-order valence-corrected chi connectivity index (χ4v) is 2.23. The van der Waals surface area contributed by atoms with Crippen molar-refractivity contribution in [3.8, 4) is 5.75 Å². The molecular formula is C17H22N2O3. The maximum atomic E-state index is 12.2. The Balaban J connectivity index is 1.94. The van der Waals surface area contributed by atoms with Gasteiger partial charge in [-0.2, -0.15) is 0 Å². The van der Waals surface area contributed by atoms with Crippen LogP contribution in [0.15, 0.2) is 41.1 Å². The summed E-state index contributed by atoms with van der Waals surface area (Å²) in [5.41, 5.74) is 2.17. The first-order valence-electron chi connectivity index (χ1n) is 7.42. The van der Waals surface area contributed by atoms with Crippen molar-refractivity contribution in [2.75, 3.05) is 20.2 Å². The Labute approximate surface area is 131 Å². The van der Waals surface area contributed by atoms with Crippen LogP contribution in [0.2, 0.25) is 0 Å². The SMILES string of the molecule is CON=CC1=CCCN(C(=O)Oc2ccc(C(C)C)cc2)C1. The van der Waals surface area contributed by atoms with E-state index in [0.717, 1.165) is 12.0 Å². The number of nitrogens with zero attached hydrogens (tertiary/aromatic N) is 2. The second-order valence-corrected chi connectivity index (χ2v) is 5.50. The predicted molar refractivity (Wildman–Crippen MR) is 86.3 cm³/mol. The van der Waals surface area contributed by atoms with Gasteiger partial charge < -0.3 is 14.5 Å². The van der Waals surface area contributed by atoms with Gasteiger partial charge in [-0.3, -0.25) is 0 Å². The van der Waals surface area contributed by atoms with E-state index in [0.29, 0.717) is 24.8 Å². The number of hydrogen-bond acceptors (Lipinski definition) is 4. The third-order valence-corrected chi connectivity index (χ3v) is 3.51. The number of rotatable bonds is 4. The van der Waals surface area contributed by atoms with E-state index in [2.05, 4.69) is 23.8 Å². The van der Waals surface area contributed by atoms with Gasteiger partial charge in [-0.25, -0.2) is 4.79 Å². The van der Waals surface area contributed by atoms with Gasteiger partial charge in [0.1, 0.15) is 12.9 Å². The Bertz CT molecular complexity index is 562. The first kappa shape index (κ1) is 16.1. The molecular weight excluding hydrogens is 280 g/mol. The number of carbonyl (C=O) groups is 1. The third-order valence-electron chi connectivity index (χ3n) is 3.51. The highest BCUT2D eigenvalue weighted by Gasteiger charge is 2.19. The Morgan fingerprint density at radius 1 is 1.32 bits per heavy atom. The summed E-state index contributed by atoms with van der Waals surface area (Å²) >= 11 is 0. The van der Waals surface area contributed by atoms with Gasteiger partial charge in [-0.1, -0.05) is 37.2 Å². The number of amides is 1. The fourth-order valence-electron chi connectivity index (χ4n) is 2.23. The lowest BCUT2D eigenvalue weighted by molar-refractivity contribution is 0.155. The Morgan fingerprint density at radius 2 is 2.05 bits per heavy atom. The highest BCUT2D eigenvalue weighted by molar-refractivity contribution is 5.81. The minimum absolute atomic E-state index is 0.339. The summed E-state index contributed by atoms with van der Waals surface area (Å²) in [4.78, 5) is 18.5. The molecule has 1 aromatic rings. The summed E-state index contributed by atoms with van der Waals surface area (Å²) < 4.78 is 5.43. The first-order valence-corrected chi connectivity index (χ1v) is 7.42. The molecule has 1 amide bonds. The smallest absolute Gasteiger partial charge is 0.410 e. The molecule has 5 nitrogen and oxygen atoms in total.